The Labute approximate surface area is 345 Å². The standard InChI is InChI=1S/C50H86O6/c1-4-7-10-13-16-19-22-23-24-25-26-29-31-34-37-40-43-49(52)55-46-47(56-50(53)44-41-38-35-32-28-21-18-15-12-9-6-3)45-54-48(51)42-39-36-33-30-27-20-17-14-11-8-5-2/h9,12,18,21,24-26,29,32,35,47H,4-8,10-11,13-17,19-20,22-23,27-28,30-31,33-34,36-46H2,1-3H3/b12-9-,21-18-,25-24-,29-26-,35-32-. The van der Waals surface area contributed by atoms with Gasteiger partial charge < -0.3 is 14.2 Å². The molecule has 1 unspecified atom stereocenters. The van der Waals surface area contributed by atoms with E-state index in [2.05, 4.69) is 81.5 Å². The van der Waals surface area contributed by atoms with Gasteiger partial charge in [0.05, 0.1) is 0 Å². The molecular formula is C50H86O6. The summed E-state index contributed by atoms with van der Waals surface area (Å²) in [6.07, 6.45) is 53.6. The highest BCUT2D eigenvalue weighted by Gasteiger charge is 2.19. The van der Waals surface area contributed by atoms with Gasteiger partial charge in [0, 0.05) is 19.3 Å². The smallest absolute Gasteiger partial charge is 0.306 e. The number of hydrogen-bond acceptors (Lipinski definition) is 6. The fourth-order valence-corrected chi connectivity index (χ4v) is 6.28. The first kappa shape index (κ1) is 53.1. The van der Waals surface area contributed by atoms with Gasteiger partial charge in [-0.15, -0.1) is 0 Å². The molecule has 0 saturated heterocycles. The van der Waals surface area contributed by atoms with Crippen LogP contribution in [0.2, 0.25) is 0 Å². The zero-order valence-corrected chi connectivity index (χ0v) is 36.6. The van der Waals surface area contributed by atoms with E-state index in [1.807, 2.05) is 0 Å². The first-order chi connectivity index (χ1) is 27.5. The minimum atomic E-state index is -0.806. The summed E-state index contributed by atoms with van der Waals surface area (Å²) in [5.41, 5.74) is 0. The van der Waals surface area contributed by atoms with Crippen LogP contribution in [0.3, 0.4) is 0 Å². The lowest BCUT2D eigenvalue weighted by molar-refractivity contribution is -0.167. The Morgan fingerprint density at radius 2 is 0.768 bits per heavy atom. The summed E-state index contributed by atoms with van der Waals surface area (Å²) in [6.45, 7) is 6.42. The maximum atomic E-state index is 12.7. The third kappa shape index (κ3) is 42.3. The Bertz CT molecular complexity index is 1040. The average Bonchev–Trinajstić information content (AvgIpc) is 3.19. The Hall–Kier alpha value is -2.89. The van der Waals surface area contributed by atoms with Gasteiger partial charge in [-0.25, -0.2) is 0 Å². The highest BCUT2D eigenvalue weighted by Crippen LogP contribution is 2.13. The number of allylic oxidation sites excluding steroid dienone is 10. The van der Waals surface area contributed by atoms with Crippen molar-refractivity contribution in [2.75, 3.05) is 13.2 Å². The molecule has 1 atom stereocenters. The molecule has 0 bridgehead atoms. The van der Waals surface area contributed by atoms with Gasteiger partial charge >= 0.3 is 17.9 Å². The van der Waals surface area contributed by atoms with E-state index in [1.165, 1.54) is 96.3 Å². The lowest BCUT2D eigenvalue weighted by atomic mass is 10.1. The quantitative estimate of drug-likeness (QED) is 0.0202. The van der Waals surface area contributed by atoms with Crippen LogP contribution in [0.4, 0.5) is 0 Å². The van der Waals surface area contributed by atoms with Gasteiger partial charge in [-0.2, -0.15) is 0 Å². The zero-order valence-electron chi connectivity index (χ0n) is 36.6. The van der Waals surface area contributed by atoms with Crippen LogP contribution < -0.4 is 0 Å². The number of unbranched alkanes of at least 4 members (excludes halogenated alkanes) is 21. The molecule has 6 heteroatoms. The van der Waals surface area contributed by atoms with E-state index in [-0.39, 0.29) is 37.5 Å². The fraction of sp³-hybridized carbons (Fsp3) is 0.740. The molecule has 0 aliphatic carbocycles. The van der Waals surface area contributed by atoms with Crippen molar-refractivity contribution in [2.45, 2.75) is 226 Å². The number of carbonyl (C=O) groups excluding carboxylic acids is 3. The van der Waals surface area contributed by atoms with Crippen molar-refractivity contribution in [3.8, 4) is 0 Å². The van der Waals surface area contributed by atoms with E-state index in [0.717, 1.165) is 77.0 Å². The number of esters is 3. The number of ether oxygens (including phenoxy) is 3. The molecule has 322 valence electrons. The molecule has 0 aliphatic rings. The van der Waals surface area contributed by atoms with Gasteiger partial charge in [0.25, 0.3) is 0 Å². The van der Waals surface area contributed by atoms with E-state index in [1.54, 1.807) is 0 Å². The molecule has 0 rings (SSSR count). The summed E-state index contributed by atoms with van der Waals surface area (Å²) in [4.78, 5) is 37.7. The lowest BCUT2D eigenvalue weighted by Crippen LogP contribution is -2.30. The SMILES string of the molecule is CC/C=C\C/C=C\C/C=C\CCCC(=O)OC(COC(=O)CCCCC/C=C\C=C/CCCCCCCCC)COC(=O)CCCCCCCCCCCCC. The molecule has 0 aromatic carbocycles. The molecule has 0 N–H and O–H groups in total. The Morgan fingerprint density at radius 1 is 0.393 bits per heavy atom. The first-order valence-electron chi connectivity index (χ1n) is 23.3. The molecule has 0 aromatic rings. The normalized spacial score (nSPS) is 12.6. The second-order valence-corrected chi connectivity index (χ2v) is 15.3. The van der Waals surface area contributed by atoms with Crippen LogP contribution in [0.5, 0.6) is 0 Å². The van der Waals surface area contributed by atoms with Crippen LogP contribution in [0.15, 0.2) is 60.8 Å². The molecule has 0 radical (unpaired) electrons. The molecule has 0 spiro atoms. The van der Waals surface area contributed by atoms with Crippen molar-refractivity contribution in [3.63, 3.8) is 0 Å². The summed E-state index contributed by atoms with van der Waals surface area (Å²) in [5, 5.41) is 0. The van der Waals surface area contributed by atoms with Gasteiger partial charge in [-0.05, 0) is 70.6 Å². The summed E-state index contributed by atoms with van der Waals surface area (Å²) >= 11 is 0. The van der Waals surface area contributed by atoms with Crippen molar-refractivity contribution in [1.29, 1.82) is 0 Å². The van der Waals surface area contributed by atoms with E-state index >= 15 is 0 Å². The van der Waals surface area contributed by atoms with Crippen LogP contribution in [0.25, 0.3) is 0 Å². The molecular weight excluding hydrogens is 697 g/mol. The van der Waals surface area contributed by atoms with Crippen molar-refractivity contribution >= 4 is 17.9 Å². The van der Waals surface area contributed by atoms with Gasteiger partial charge in [0.2, 0.25) is 0 Å². The van der Waals surface area contributed by atoms with Gasteiger partial charge in [0.15, 0.2) is 6.10 Å². The third-order valence-corrected chi connectivity index (χ3v) is 9.78. The average molecular weight is 783 g/mol. The van der Waals surface area contributed by atoms with Crippen LogP contribution in [0.1, 0.15) is 220 Å². The predicted octanol–water partition coefficient (Wildman–Crippen LogP) is 14.9. The van der Waals surface area contributed by atoms with Gasteiger partial charge in [-0.1, -0.05) is 191 Å². The second kappa shape index (κ2) is 44.8. The van der Waals surface area contributed by atoms with E-state index in [9.17, 15) is 14.4 Å². The molecule has 0 aliphatic heterocycles. The van der Waals surface area contributed by atoms with Crippen LogP contribution in [-0.4, -0.2) is 37.2 Å². The minimum Gasteiger partial charge on any atom is -0.462 e. The van der Waals surface area contributed by atoms with Crippen molar-refractivity contribution in [1.82, 2.24) is 0 Å². The zero-order chi connectivity index (χ0) is 40.8. The van der Waals surface area contributed by atoms with Crippen molar-refractivity contribution in [2.24, 2.45) is 0 Å². The van der Waals surface area contributed by atoms with Crippen molar-refractivity contribution in [3.05, 3.63) is 60.8 Å². The number of rotatable bonds is 41. The molecule has 0 amide bonds. The van der Waals surface area contributed by atoms with Crippen molar-refractivity contribution < 1.29 is 28.6 Å². The first-order valence-corrected chi connectivity index (χ1v) is 23.3. The Morgan fingerprint density at radius 3 is 1.25 bits per heavy atom. The largest absolute Gasteiger partial charge is 0.462 e. The fourth-order valence-electron chi connectivity index (χ4n) is 6.28. The van der Waals surface area contributed by atoms with Crippen LogP contribution in [-0.2, 0) is 28.6 Å². The van der Waals surface area contributed by atoms with Gasteiger partial charge in [-0.3, -0.25) is 14.4 Å². The summed E-state index contributed by atoms with van der Waals surface area (Å²) in [5.74, 6) is -0.988. The Kier molecular flexibility index (Phi) is 42.5. The second-order valence-electron chi connectivity index (χ2n) is 15.3. The lowest BCUT2D eigenvalue weighted by Gasteiger charge is -2.18. The summed E-state index contributed by atoms with van der Waals surface area (Å²) in [7, 11) is 0. The molecule has 0 saturated carbocycles. The monoisotopic (exact) mass is 783 g/mol. The molecule has 0 aromatic heterocycles. The molecule has 0 heterocycles. The maximum Gasteiger partial charge on any atom is 0.306 e. The Balaban J connectivity index is 4.45. The predicted molar refractivity (Wildman–Crippen MR) is 238 cm³/mol. The molecule has 56 heavy (non-hydrogen) atoms. The van der Waals surface area contributed by atoms with Crippen LogP contribution >= 0.6 is 0 Å². The van der Waals surface area contributed by atoms with Crippen LogP contribution in [0, 0.1) is 0 Å². The molecule has 0 fully saturated rings. The highest BCUT2D eigenvalue weighted by atomic mass is 16.6. The van der Waals surface area contributed by atoms with Gasteiger partial charge in [0.1, 0.15) is 13.2 Å². The van der Waals surface area contributed by atoms with E-state index in [0.29, 0.717) is 19.3 Å². The number of carbonyl (C=O) groups is 3. The topological polar surface area (TPSA) is 78.9 Å². The summed E-state index contributed by atoms with van der Waals surface area (Å²) < 4.78 is 16.6. The highest BCUT2D eigenvalue weighted by molar-refractivity contribution is 5.71. The summed E-state index contributed by atoms with van der Waals surface area (Å²) in [6, 6.07) is 0. The molecule has 6 nitrogen and oxygen atoms in total. The number of hydrogen-bond donors (Lipinski definition) is 0. The third-order valence-electron chi connectivity index (χ3n) is 9.78. The van der Waals surface area contributed by atoms with E-state index < -0.39 is 6.10 Å². The minimum absolute atomic E-state index is 0.102. The van der Waals surface area contributed by atoms with E-state index in [4.69, 9.17) is 14.2 Å². The maximum absolute atomic E-state index is 12.7.